The van der Waals surface area contributed by atoms with Crippen molar-refractivity contribution < 1.29 is 18.3 Å². The van der Waals surface area contributed by atoms with E-state index in [0.29, 0.717) is 5.56 Å². The number of hydrogen-bond acceptors (Lipinski definition) is 2. The fourth-order valence-electron chi connectivity index (χ4n) is 2.14. The van der Waals surface area contributed by atoms with Crippen molar-refractivity contribution in [2.24, 2.45) is 0 Å². The Hall–Kier alpha value is -1.49. The van der Waals surface area contributed by atoms with Crippen LogP contribution in [-0.2, 0) is 21.7 Å². The molecule has 1 N–H and O–H groups in total. The van der Waals surface area contributed by atoms with Crippen LogP contribution in [0.4, 0.5) is 8.78 Å². The van der Waals surface area contributed by atoms with Crippen LogP contribution in [0.5, 0.6) is 0 Å². The van der Waals surface area contributed by atoms with Crippen LogP contribution >= 0.6 is 0 Å². The molecule has 1 heterocycles. The second-order valence-corrected chi connectivity index (χ2v) is 4.42. The zero-order valence-corrected chi connectivity index (χ0v) is 10.3. The summed E-state index contributed by atoms with van der Waals surface area (Å²) in [5, 5.41) is 2.25. The van der Waals surface area contributed by atoms with Gasteiger partial charge in [0, 0.05) is 12.7 Å². The highest BCUT2D eigenvalue weighted by molar-refractivity contribution is 5.86. The van der Waals surface area contributed by atoms with E-state index >= 15 is 0 Å². The van der Waals surface area contributed by atoms with Crippen LogP contribution in [0.1, 0.15) is 24.5 Å². The molecule has 3 nitrogen and oxygen atoms in total. The van der Waals surface area contributed by atoms with E-state index in [9.17, 15) is 13.6 Å². The maximum absolute atomic E-state index is 13.4. The molecule has 1 aliphatic rings. The summed E-state index contributed by atoms with van der Waals surface area (Å²) < 4.78 is 31.9. The van der Waals surface area contributed by atoms with E-state index in [1.165, 1.54) is 7.11 Å². The molecule has 1 atom stereocenters. The summed E-state index contributed by atoms with van der Waals surface area (Å²) in [6.45, 7) is 2.01. The van der Waals surface area contributed by atoms with Gasteiger partial charge in [-0.25, -0.2) is 0 Å². The number of amides is 1. The van der Waals surface area contributed by atoms with Gasteiger partial charge in [0.1, 0.15) is 0 Å². The Kier molecular flexibility index (Phi) is 3.11. The second-order valence-electron chi connectivity index (χ2n) is 4.42. The van der Waals surface area contributed by atoms with Crippen LogP contribution in [0.2, 0.25) is 0 Å². The SMILES string of the molecule is CCc1ccc(C2(OC)CC(F)(F)C(=O)N2)cc1. The summed E-state index contributed by atoms with van der Waals surface area (Å²) in [6.07, 6.45) is 0.184. The van der Waals surface area contributed by atoms with Gasteiger partial charge in [-0.2, -0.15) is 8.78 Å². The summed E-state index contributed by atoms with van der Waals surface area (Å²) in [4.78, 5) is 11.2. The van der Waals surface area contributed by atoms with Crippen LogP contribution in [0.3, 0.4) is 0 Å². The summed E-state index contributed by atoms with van der Waals surface area (Å²) >= 11 is 0. The van der Waals surface area contributed by atoms with Gasteiger partial charge in [0.25, 0.3) is 5.91 Å². The molecule has 1 fully saturated rings. The van der Waals surface area contributed by atoms with Gasteiger partial charge in [0.15, 0.2) is 5.72 Å². The molecule has 0 aliphatic carbocycles. The average Bonchev–Trinajstić information content (AvgIpc) is 2.61. The zero-order chi connectivity index (χ0) is 13.4. The van der Waals surface area contributed by atoms with Crippen molar-refractivity contribution in [1.29, 1.82) is 0 Å². The van der Waals surface area contributed by atoms with Gasteiger partial charge < -0.3 is 10.1 Å². The quantitative estimate of drug-likeness (QED) is 0.899. The largest absolute Gasteiger partial charge is 0.354 e. The number of aryl methyl sites for hydroxylation is 1. The number of alkyl halides is 2. The van der Waals surface area contributed by atoms with Crippen molar-refractivity contribution in [3.05, 3.63) is 35.4 Å². The van der Waals surface area contributed by atoms with Gasteiger partial charge in [0.2, 0.25) is 0 Å². The molecule has 0 aromatic heterocycles. The van der Waals surface area contributed by atoms with E-state index in [-0.39, 0.29) is 0 Å². The molecule has 0 bridgehead atoms. The lowest BCUT2D eigenvalue weighted by molar-refractivity contribution is -0.139. The lowest BCUT2D eigenvalue weighted by Gasteiger charge is -2.27. The molecular formula is C13H15F2NO2. The maximum atomic E-state index is 13.4. The molecule has 1 aliphatic heterocycles. The first-order chi connectivity index (χ1) is 8.43. The average molecular weight is 255 g/mol. The Morgan fingerprint density at radius 1 is 1.33 bits per heavy atom. The molecule has 1 amide bonds. The first kappa shape index (κ1) is 13.0. The van der Waals surface area contributed by atoms with Gasteiger partial charge in [0.05, 0.1) is 6.42 Å². The summed E-state index contributed by atoms with van der Waals surface area (Å²) in [6, 6.07) is 7.12. The number of rotatable bonds is 3. The first-order valence-electron chi connectivity index (χ1n) is 5.78. The topological polar surface area (TPSA) is 38.3 Å². The highest BCUT2D eigenvalue weighted by Crippen LogP contribution is 2.40. The molecule has 98 valence electrons. The van der Waals surface area contributed by atoms with Crippen LogP contribution in [-0.4, -0.2) is 18.9 Å². The van der Waals surface area contributed by atoms with Crippen LogP contribution in [0, 0.1) is 0 Å². The predicted molar refractivity (Wildman–Crippen MR) is 62.2 cm³/mol. The van der Waals surface area contributed by atoms with E-state index in [4.69, 9.17) is 4.74 Å². The highest BCUT2D eigenvalue weighted by atomic mass is 19.3. The van der Waals surface area contributed by atoms with E-state index in [2.05, 4.69) is 5.32 Å². The summed E-state index contributed by atoms with van der Waals surface area (Å²) in [5.41, 5.74) is 0.209. The van der Waals surface area contributed by atoms with E-state index in [0.717, 1.165) is 12.0 Å². The Morgan fingerprint density at radius 2 is 1.94 bits per heavy atom. The third kappa shape index (κ3) is 1.99. The number of methoxy groups -OCH3 is 1. The first-order valence-corrected chi connectivity index (χ1v) is 5.78. The minimum atomic E-state index is -3.39. The fraction of sp³-hybridized carbons (Fsp3) is 0.462. The number of carbonyl (C=O) groups is 1. The molecular weight excluding hydrogens is 240 g/mol. The molecule has 2 rings (SSSR count). The molecule has 5 heteroatoms. The third-order valence-corrected chi connectivity index (χ3v) is 3.30. The molecule has 1 aromatic rings. The van der Waals surface area contributed by atoms with Crippen LogP contribution in [0.15, 0.2) is 24.3 Å². The van der Waals surface area contributed by atoms with Gasteiger partial charge in [-0.05, 0) is 12.0 Å². The summed E-state index contributed by atoms with van der Waals surface area (Å²) in [7, 11) is 1.31. The monoisotopic (exact) mass is 255 g/mol. The number of hydrogen-bond donors (Lipinski definition) is 1. The minimum absolute atomic E-state index is 0.535. The van der Waals surface area contributed by atoms with Crippen molar-refractivity contribution in [3.63, 3.8) is 0 Å². The lowest BCUT2D eigenvalue weighted by Crippen LogP contribution is -2.40. The molecule has 18 heavy (non-hydrogen) atoms. The minimum Gasteiger partial charge on any atom is -0.354 e. The molecule has 1 unspecified atom stereocenters. The van der Waals surface area contributed by atoms with E-state index in [1.54, 1.807) is 12.1 Å². The van der Waals surface area contributed by atoms with Crippen molar-refractivity contribution in [1.82, 2.24) is 5.32 Å². The zero-order valence-electron chi connectivity index (χ0n) is 10.3. The number of ether oxygens (including phenoxy) is 1. The van der Waals surface area contributed by atoms with E-state index in [1.807, 2.05) is 19.1 Å². The standard InChI is InChI=1S/C13H15F2NO2/c1-3-9-4-6-10(7-5-9)13(18-2)8-12(14,15)11(17)16-13/h4-7H,3,8H2,1-2H3,(H,16,17). The molecule has 0 saturated carbocycles. The maximum Gasteiger partial charge on any atom is 0.329 e. The third-order valence-electron chi connectivity index (χ3n) is 3.30. The number of nitrogens with one attached hydrogen (secondary N) is 1. The van der Waals surface area contributed by atoms with Crippen LogP contribution < -0.4 is 5.32 Å². The summed E-state index contributed by atoms with van der Waals surface area (Å²) in [5.74, 6) is -4.68. The Balaban J connectivity index is 2.36. The molecule has 1 aromatic carbocycles. The molecule has 0 radical (unpaired) electrons. The van der Waals surface area contributed by atoms with Gasteiger partial charge in [-0.3, -0.25) is 4.79 Å². The number of benzene rings is 1. The number of carbonyl (C=O) groups excluding carboxylic acids is 1. The van der Waals surface area contributed by atoms with Crippen molar-refractivity contribution in [3.8, 4) is 0 Å². The smallest absolute Gasteiger partial charge is 0.329 e. The molecule has 1 saturated heterocycles. The van der Waals surface area contributed by atoms with E-state index < -0.39 is 24.0 Å². The highest BCUT2D eigenvalue weighted by Gasteiger charge is 2.57. The number of halogens is 2. The molecule has 0 spiro atoms. The normalized spacial score (nSPS) is 26.1. The Morgan fingerprint density at radius 3 is 2.33 bits per heavy atom. The fourth-order valence-corrected chi connectivity index (χ4v) is 2.14. The second kappa shape index (κ2) is 4.31. The van der Waals surface area contributed by atoms with Crippen molar-refractivity contribution in [2.75, 3.05) is 7.11 Å². The Labute approximate surface area is 104 Å². The lowest BCUT2D eigenvalue weighted by atomic mass is 9.98. The van der Waals surface area contributed by atoms with Gasteiger partial charge in [-0.1, -0.05) is 31.2 Å². The van der Waals surface area contributed by atoms with Gasteiger partial charge >= 0.3 is 5.92 Å². The van der Waals surface area contributed by atoms with Crippen molar-refractivity contribution in [2.45, 2.75) is 31.4 Å². The van der Waals surface area contributed by atoms with Gasteiger partial charge in [-0.15, -0.1) is 0 Å². The van der Waals surface area contributed by atoms with Crippen LogP contribution in [0.25, 0.3) is 0 Å². The Bertz CT molecular complexity index is 459. The predicted octanol–water partition coefficient (Wildman–Crippen LogP) is 2.20. The van der Waals surface area contributed by atoms with Crippen molar-refractivity contribution >= 4 is 5.91 Å².